The third-order valence-electron chi connectivity index (χ3n) is 4.79. The first kappa shape index (κ1) is 22.4. The lowest BCUT2D eigenvalue weighted by molar-refractivity contribution is 0.164. The number of ether oxygens (including phenoxy) is 2. The molecule has 0 saturated carbocycles. The molecule has 0 bridgehead atoms. The van der Waals surface area contributed by atoms with E-state index in [0.29, 0.717) is 12.5 Å². The quantitative estimate of drug-likeness (QED) is 0.316. The average Bonchev–Trinajstić information content (AvgIpc) is 3.15. The van der Waals surface area contributed by atoms with E-state index in [1.807, 2.05) is 62.0 Å². The maximum absolute atomic E-state index is 6.11. The Morgan fingerprint density at radius 2 is 1.73 bits per heavy atom. The van der Waals surface area contributed by atoms with E-state index in [1.165, 1.54) is 5.56 Å². The molecule has 0 N–H and O–H groups in total. The van der Waals surface area contributed by atoms with Gasteiger partial charge in [0.2, 0.25) is 5.89 Å². The summed E-state index contributed by atoms with van der Waals surface area (Å²) in [6, 6.07) is 18.3. The number of rotatable bonds is 13. The van der Waals surface area contributed by atoms with Crippen LogP contribution in [-0.2, 0) is 17.6 Å². The largest absolute Gasteiger partial charge is 0.493 e. The Morgan fingerprint density at radius 3 is 2.57 bits per heavy atom. The molecule has 1 aromatic heterocycles. The van der Waals surface area contributed by atoms with E-state index in [2.05, 4.69) is 23.2 Å². The van der Waals surface area contributed by atoms with E-state index >= 15 is 0 Å². The second-order valence-electron chi connectivity index (χ2n) is 7.01. The molecule has 0 aliphatic rings. The average molecular weight is 426 g/mol. The van der Waals surface area contributed by atoms with Crippen molar-refractivity contribution >= 4 is 11.8 Å². The first-order valence-electron chi connectivity index (χ1n) is 10.7. The number of aryl methyl sites for hydroxylation is 2. The molecule has 5 heteroatoms. The number of aromatic nitrogens is 1. The number of para-hydroxylation sites is 1. The van der Waals surface area contributed by atoms with Gasteiger partial charge < -0.3 is 13.9 Å². The van der Waals surface area contributed by atoms with Crippen LogP contribution in [0.25, 0.3) is 11.5 Å². The van der Waals surface area contributed by atoms with Crippen molar-refractivity contribution < 1.29 is 13.9 Å². The number of thioether (sulfide) groups is 1. The number of oxazole rings is 1. The first-order valence-corrected chi connectivity index (χ1v) is 11.8. The van der Waals surface area contributed by atoms with Gasteiger partial charge in [-0.25, -0.2) is 4.98 Å². The van der Waals surface area contributed by atoms with E-state index in [1.54, 1.807) is 0 Å². The van der Waals surface area contributed by atoms with Crippen molar-refractivity contribution in [2.24, 2.45) is 0 Å². The van der Waals surface area contributed by atoms with Gasteiger partial charge in [-0.2, -0.15) is 11.8 Å². The molecule has 0 aliphatic carbocycles. The topological polar surface area (TPSA) is 44.5 Å². The van der Waals surface area contributed by atoms with Crippen molar-refractivity contribution in [2.45, 2.75) is 33.1 Å². The SMILES string of the molecule is CCOCCSCCCc1ccccc1OCCc1nc(-c2ccccc2)oc1C. The van der Waals surface area contributed by atoms with E-state index in [0.717, 1.165) is 66.7 Å². The van der Waals surface area contributed by atoms with Gasteiger partial charge in [0.1, 0.15) is 11.5 Å². The zero-order valence-corrected chi connectivity index (χ0v) is 18.7. The Morgan fingerprint density at radius 1 is 0.933 bits per heavy atom. The molecule has 0 atom stereocenters. The molecule has 2 aromatic carbocycles. The molecule has 3 rings (SSSR count). The van der Waals surface area contributed by atoms with Gasteiger partial charge in [-0.3, -0.25) is 0 Å². The van der Waals surface area contributed by atoms with Gasteiger partial charge in [-0.15, -0.1) is 0 Å². The van der Waals surface area contributed by atoms with Crippen molar-refractivity contribution in [2.75, 3.05) is 31.3 Å². The number of hydrogen-bond acceptors (Lipinski definition) is 5. The third-order valence-corrected chi connectivity index (χ3v) is 5.83. The highest BCUT2D eigenvalue weighted by Crippen LogP contribution is 2.23. The fourth-order valence-electron chi connectivity index (χ4n) is 3.20. The monoisotopic (exact) mass is 425 g/mol. The summed E-state index contributed by atoms with van der Waals surface area (Å²) in [4.78, 5) is 4.67. The van der Waals surface area contributed by atoms with Crippen LogP contribution in [-0.4, -0.2) is 36.3 Å². The summed E-state index contributed by atoms with van der Waals surface area (Å²) < 4.78 is 17.3. The number of nitrogens with zero attached hydrogens (tertiary/aromatic N) is 1. The van der Waals surface area contributed by atoms with Crippen molar-refractivity contribution in [1.29, 1.82) is 0 Å². The summed E-state index contributed by atoms with van der Waals surface area (Å²) in [5.41, 5.74) is 3.22. The predicted molar refractivity (Wildman–Crippen MR) is 124 cm³/mol. The molecule has 1 heterocycles. The maximum Gasteiger partial charge on any atom is 0.226 e. The molecule has 0 radical (unpaired) electrons. The summed E-state index contributed by atoms with van der Waals surface area (Å²) in [5.74, 6) is 4.71. The second-order valence-corrected chi connectivity index (χ2v) is 8.23. The van der Waals surface area contributed by atoms with Gasteiger partial charge in [0.25, 0.3) is 0 Å². The smallest absolute Gasteiger partial charge is 0.226 e. The Bertz CT molecular complexity index is 879. The molecule has 0 fully saturated rings. The van der Waals surface area contributed by atoms with Gasteiger partial charge in [0.15, 0.2) is 0 Å². The highest BCUT2D eigenvalue weighted by atomic mass is 32.2. The van der Waals surface area contributed by atoms with Crippen LogP contribution in [0, 0.1) is 6.92 Å². The summed E-state index contributed by atoms with van der Waals surface area (Å²) >= 11 is 1.95. The molecule has 4 nitrogen and oxygen atoms in total. The molecule has 30 heavy (non-hydrogen) atoms. The molecular formula is C25H31NO3S. The predicted octanol–water partition coefficient (Wildman–Crippen LogP) is 5.97. The van der Waals surface area contributed by atoms with E-state index in [-0.39, 0.29) is 0 Å². The molecule has 0 amide bonds. The highest BCUT2D eigenvalue weighted by Gasteiger charge is 2.12. The second kappa shape index (κ2) is 12.5. The summed E-state index contributed by atoms with van der Waals surface area (Å²) in [6.07, 6.45) is 2.89. The van der Waals surface area contributed by atoms with Crippen LogP contribution in [0.15, 0.2) is 59.0 Å². The molecule has 0 unspecified atom stereocenters. The van der Waals surface area contributed by atoms with E-state index in [9.17, 15) is 0 Å². The van der Waals surface area contributed by atoms with E-state index < -0.39 is 0 Å². The van der Waals surface area contributed by atoms with Crippen LogP contribution in [0.2, 0.25) is 0 Å². The summed E-state index contributed by atoms with van der Waals surface area (Å²) in [5, 5.41) is 0. The van der Waals surface area contributed by atoms with Crippen LogP contribution in [0.5, 0.6) is 5.75 Å². The minimum absolute atomic E-state index is 0.585. The Hall–Kier alpha value is -2.24. The summed E-state index contributed by atoms with van der Waals surface area (Å²) in [6.45, 7) is 6.22. The van der Waals surface area contributed by atoms with Crippen LogP contribution in [0.4, 0.5) is 0 Å². The third kappa shape index (κ3) is 6.92. The zero-order chi connectivity index (χ0) is 21.0. The lowest BCUT2D eigenvalue weighted by Crippen LogP contribution is -2.05. The molecule has 160 valence electrons. The van der Waals surface area contributed by atoms with E-state index in [4.69, 9.17) is 13.9 Å². The molecule has 3 aromatic rings. The van der Waals surface area contributed by atoms with Gasteiger partial charge in [-0.1, -0.05) is 36.4 Å². The summed E-state index contributed by atoms with van der Waals surface area (Å²) in [7, 11) is 0. The Labute approximate surface area is 184 Å². The Balaban J connectivity index is 1.47. The lowest BCUT2D eigenvalue weighted by atomic mass is 10.1. The number of benzene rings is 2. The minimum Gasteiger partial charge on any atom is -0.493 e. The zero-order valence-electron chi connectivity index (χ0n) is 17.9. The molecule has 0 aliphatic heterocycles. The van der Waals surface area contributed by atoms with Gasteiger partial charge in [0.05, 0.1) is 18.9 Å². The standard InChI is InChI=1S/C25H31NO3S/c1-3-27-17-19-30-18-9-13-21-10-7-8-14-24(21)28-16-15-23-20(2)29-25(26-23)22-11-5-4-6-12-22/h4-8,10-12,14H,3,9,13,15-19H2,1-2H3. The van der Waals surface area contributed by atoms with Crippen LogP contribution < -0.4 is 4.74 Å². The lowest BCUT2D eigenvalue weighted by Gasteiger charge is -2.11. The normalized spacial score (nSPS) is 11.0. The van der Waals surface area contributed by atoms with Crippen LogP contribution in [0.1, 0.15) is 30.4 Å². The van der Waals surface area contributed by atoms with Crippen LogP contribution >= 0.6 is 11.8 Å². The van der Waals surface area contributed by atoms with Gasteiger partial charge >= 0.3 is 0 Å². The first-order chi connectivity index (χ1) is 14.8. The van der Waals surface area contributed by atoms with Gasteiger partial charge in [0, 0.05) is 24.3 Å². The molecular weight excluding hydrogens is 394 g/mol. The number of hydrogen-bond donors (Lipinski definition) is 0. The van der Waals surface area contributed by atoms with Crippen molar-refractivity contribution in [1.82, 2.24) is 4.98 Å². The van der Waals surface area contributed by atoms with Gasteiger partial charge in [-0.05, 0) is 56.2 Å². The highest BCUT2D eigenvalue weighted by molar-refractivity contribution is 7.99. The van der Waals surface area contributed by atoms with Crippen molar-refractivity contribution in [3.63, 3.8) is 0 Å². The van der Waals surface area contributed by atoms with Crippen molar-refractivity contribution in [3.8, 4) is 17.2 Å². The molecule has 0 spiro atoms. The minimum atomic E-state index is 0.585. The van der Waals surface area contributed by atoms with Crippen LogP contribution in [0.3, 0.4) is 0 Å². The fraction of sp³-hybridized carbons (Fsp3) is 0.400. The molecule has 0 saturated heterocycles. The fourth-order valence-corrected chi connectivity index (χ4v) is 3.99. The maximum atomic E-state index is 6.11. The van der Waals surface area contributed by atoms with Crippen molar-refractivity contribution in [3.05, 3.63) is 71.6 Å². The Kier molecular flexibility index (Phi) is 9.32.